The van der Waals surface area contributed by atoms with Crippen LogP contribution in [0.15, 0.2) is 45.7 Å². The Hall–Kier alpha value is -2.52. The third-order valence-corrected chi connectivity index (χ3v) is 4.99. The van der Waals surface area contributed by atoms with Gasteiger partial charge in [0.05, 0.1) is 11.6 Å². The average molecular weight is 325 g/mol. The topological polar surface area (TPSA) is 78.8 Å². The predicted molar refractivity (Wildman–Crippen MR) is 89.2 cm³/mol. The molecule has 1 aromatic heterocycles. The summed E-state index contributed by atoms with van der Waals surface area (Å²) in [6.45, 7) is 6.02. The van der Waals surface area contributed by atoms with Gasteiger partial charge in [0.15, 0.2) is 0 Å². The number of nitrogens with zero attached hydrogens (tertiary/aromatic N) is 2. The molecule has 0 aliphatic carbocycles. The van der Waals surface area contributed by atoms with E-state index < -0.39 is 5.60 Å². The van der Waals surface area contributed by atoms with Crippen molar-refractivity contribution >= 4 is 16.7 Å². The number of benzene rings is 1. The zero-order valence-corrected chi connectivity index (χ0v) is 13.8. The minimum Gasteiger partial charge on any atom is -0.483 e. The molecule has 0 bridgehead atoms. The Morgan fingerprint density at radius 1 is 1.30 bits per heavy atom. The highest BCUT2D eigenvalue weighted by molar-refractivity contribution is 8.08. The van der Waals surface area contributed by atoms with Crippen molar-refractivity contribution in [2.24, 2.45) is 0 Å². The van der Waals surface area contributed by atoms with Crippen molar-refractivity contribution in [2.45, 2.75) is 31.4 Å². The zero-order valence-electron chi connectivity index (χ0n) is 13.0. The SMILES string of the molecule is CC1=C(Sc2ccc(=O)[nH]n2)c2cc(C#N)ccc2OC1(C)C. The highest BCUT2D eigenvalue weighted by atomic mass is 32.2. The van der Waals surface area contributed by atoms with E-state index >= 15 is 0 Å². The van der Waals surface area contributed by atoms with E-state index in [-0.39, 0.29) is 5.56 Å². The summed E-state index contributed by atoms with van der Waals surface area (Å²) < 4.78 is 6.06. The molecule has 1 aliphatic rings. The van der Waals surface area contributed by atoms with E-state index in [1.54, 1.807) is 12.1 Å². The summed E-state index contributed by atoms with van der Waals surface area (Å²) in [5.41, 5.74) is 1.81. The number of ether oxygens (including phenoxy) is 1. The van der Waals surface area contributed by atoms with Crippen molar-refractivity contribution in [1.29, 1.82) is 5.26 Å². The second kappa shape index (κ2) is 5.60. The van der Waals surface area contributed by atoms with E-state index in [0.29, 0.717) is 10.6 Å². The lowest BCUT2D eigenvalue weighted by Crippen LogP contribution is -2.33. The van der Waals surface area contributed by atoms with Crippen molar-refractivity contribution in [3.8, 4) is 11.8 Å². The van der Waals surface area contributed by atoms with Gasteiger partial charge in [-0.15, -0.1) is 0 Å². The summed E-state index contributed by atoms with van der Waals surface area (Å²) in [4.78, 5) is 12.2. The van der Waals surface area contributed by atoms with Crippen LogP contribution in [0.25, 0.3) is 4.91 Å². The summed E-state index contributed by atoms with van der Waals surface area (Å²) in [6, 6.07) is 10.7. The molecule has 2 aromatic rings. The fourth-order valence-corrected chi connectivity index (χ4v) is 3.42. The maximum absolute atomic E-state index is 11.2. The summed E-state index contributed by atoms with van der Waals surface area (Å²) in [5.74, 6) is 0.742. The number of aromatic nitrogens is 2. The first kappa shape index (κ1) is 15.4. The fourth-order valence-electron chi connectivity index (χ4n) is 2.32. The largest absolute Gasteiger partial charge is 0.483 e. The van der Waals surface area contributed by atoms with Gasteiger partial charge in [-0.1, -0.05) is 11.8 Å². The van der Waals surface area contributed by atoms with Crippen LogP contribution in [-0.2, 0) is 0 Å². The van der Waals surface area contributed by atoms with Gasteiger partial charge < -0.3 is 4.74 Å². The van der Waals surface area contributed by atoms with Crippen LogP contribution in [-0.4, -0.2) is 15.8 Å². The van der Waals surface area contributed by atoms with Crippen LogP contribution < -0.4 is 10.3 Å². The van der Waals surface area contributed by atoms with Crippen LogP contribution in [0.3, 0.4) is 0 Å². The molecule has 2 heterocycles. The van der Waals surface area contributed by atoms with Crippen molar-refractivity contribution in [3.63, 3.8) is 0 Å². The Bertz CT molecular complexity index is 886. The number of hydrogen-bond acceptors (Lipinski definition) is 5. The molecule has 1 aliphatic heterocycles. The summed E-state index contributed by atoms with van der Waals surface area (Å²) in [7, 11) is 0. The average Bonchev–Trinajstić information content (AvgIpc) is 2.53. The van der Waals surface area contributed by atoms with Crippen molar-refractivity contribution in [3.05, 3.63) is 57.4 Å². The number of fused-ring (bicyclic) bond motifs is 1. The quantitative estimate of drug-likeness (QED) is 0.916. The molecule has 0 fully saturated rings. The summed E-state index contributed by atoms with van der Waals surface area (Å²) in [6.07, 6.45) is 0. The zero-order chi connectivity index (χ0) is 16.6. The first-order valence-corrected chi connectivity index (χ1v) is 7.91. The minimum absolute atomic E-state index is 0.237. The molecule has 0 spiro atoms. The molecule has 0 radical (unpaired) electrons. The first-order valence-electron chi connectivity index (χ1n) is 7.09. The summed E-state index contributed by atoms with van der Waals surface area (Å²) in [5, 5.41) is 16.3. The Kier molecular flexibility index (Phi) is 3.74. The standard InChI is InChI=1S/C17H15N3O2S/c1-10-16(23-15-7-6-14(21)19-20-15)12-8-11(9-18)4-5-13(12)22-17(10,2)3/h4-8H,1-3H3,(H,19,21). The molecule has 0 saturated carbocycles. The number of hydrogen-bond donors (Lipinski definition) is 1. The lowest BCUT2D eigenvalue weighted by Gasteiger charge is -2.35. The number of rotatable bonds is 2. The van der Waals surface area contributed by atoms with Gasteiger partial charge in [0.25, 0.3) is 5.56 Å². The normalized spacial score (nSPS) is 15.6. The van der Waals surface area contributed by atoms with E-state index in [9.17, 15) is 4.79 Å². The third kappa shape index (κ3) is 2.88. The minimum atomic E-state index is -0.453. The molecular formula is C17H15N3O2S. The Morgan fingerprint density at radius 3 is 2.74 bits per heavy atom. The molecule has 1 aromatic carbocycles. The van der Waals surface area contributed by atoms with Crippen molar-refractivity contribution in [1.82, 2.24) is 10.2 Å². The maximum atomic E-state index is 11.2. The second-order valence-corrected chi connectivity index (χ2v) is 6.78. The van der Waals surface area contributed by atoms with Crippen LogP contribution in [0.2, 0.25) is 0 Å². The Balaban J connectivity index is 2.13. The number of H-pyrrole nitrogens is 1. The van der Waals surface area contributed by atoms with Gasteiger partial charge in [-0.25, -0.2) is 5.10 Å². The van der Waals surface area contributed by atoms with Gasteiger partial charge in [-0.3, -0.25) is 4.79 Å². The molecular weight excluding hydrogens is 310 g/mol. The molecule has 3 rings (SSSR count). The van der Waals surface area contributed by atoms with E-state index in [2.05, 4.69) is 16.3 Å². The van der Waals surface area contributed by atoms with E-state index in [1.165, 1.54) is 17.8 Å². The van der Waals surface area contributed by atoms with Crippen molar-refractivity contribution in [2.75, 3.05) is 0 Å². The lowest BCUT2D eigenvalue weighted by molar-refractivity contribution is 0.145. The monoisotopic (exact) mass is 325 g/mol. The molecule has 0 atom stereocenters. The van der Waals surface area contributed by atoms with Crippen LogP contribution in [0.5, 0.6) is 5.75 Å². The van der Waals surface area contributed by atoms with E-state index in [4.69, 9.17) is 10.00 Å². The number of nitrogens with one attached hydrogen (secondary N) is 1. The van der Waals surface area contributed by atoms with Gasteiger partial charge >= 0.3 is 0 Å². The van der Waals surface area contributed by atoms with Crippen LogP contribution in [0.1, 0.15) is 31.9 Å². The molecule has 6 heteroatoms. The molecule has 23 heavy (non-hydrogen) atoms. The lowest BCUT2D eigenvalue weighted by atomic mass is 9.93. The van der Waals surface area contributed by atoms with Crippen molar-refractivity contribution < 1.29 is 4.74 Å². The summed E-state index contributed by atoms with van der Waals surface area (Å²) >= 11 is 1.45. The highest BCUT2D eigenvalue weighted by Crippen LogP contribution is 2.47. The van der Waals surface area contributed by atoms with Gasteiger partial charge in [-0.2, -0.15) is 10.4 Å². The fraction of sp³-hybridized carbons (Fsp3) is 0.235. The van der Waals surface area contributed by atoms with Crippen LogP contribution >= 0.6 is 11.8 Å². The highest BCUT2D eigenvalue weighted by Gasteiger charge is 2.33. The molecule has 0 amide bonds. The van der Waals surface area contributed by atoms with Gasteiger partial charge in [0, 0.05) is 16.5 Å². The number of aromatic amines is 1. The Labute approximate surface area is 138 Å². The van der Waals surface area contributed by atoms with Crippen LogP contribution in [0.4, 0.5) is 0 Å². The van der Waals surface area contributed by atoms with Gasteiger partial charge in [0.1, 0.15) is 16.4 Å². The molecule has 1 N–H and O–H groups in total. The van der Waals surface area contributed by atoms with Crippen LogP contribution in [0, 0.1) is 11.3 Å². The first-order chi connectivity index (χ1) is 10.9. The Morgan fingerprint density at radius 2 is 2.09 bits per heavy atom. The third-order valence-electron chi connectivity index (χ3n) is 3.82. The number of thioether (sulfide) groups is 1. The van der Waals surface area contributed by atoms with Gasteiger partial charge in [-0.05, 0) is 50.6 Å². The molecule has 5 nitrogen and oxygen atoms in total. The van der Waals surface area contributed by atoms with Gasteiger partial charge in [0.2, 0.25) is 0 Å². The van der Waals surface area contributed by atoms with E-state index in [0.717, 1.165) is 21.8 Å². The predicted octanol–water partition coefficient (Wildman–Crippen LogP) is 3.34. The maximum Gasteiger partial charge on any atom is 0.264 e. The second-order valence-electron chi connectivity index (χ2n) is 5.75. The number of nitriles is 1. The smallest absolute Gasteiger partial charge is 0.264 e. The molecule has 116 valence electrons. The molecule has 0 saturated heterocycles. The van der Waals surface area contributed by atoms with E-state index in [1.807, 2.05) is 32.9 Å². The molecule has 0 unspecified atom stereocenters.